The molecule has 0 saturated carbocycles. The van der Waals surface area contributed by atoms with Gasteiger partial charge in [0.05, 0.1) is 13.3 Å². The van der Waals surface area contributed by atoms with E-state index in [1.165, 1.54) is 0 Å². The Morgan fingerprint density at radius 2 is 1.88 bits per heavy atom. The van der Waals surface area contributed by atoms with E-state index in [1.807, 2.05) is 0 Å². The molecular weight excluding hydrogens is 251 g/mol. The van der Waals surface area contributed by atoms with Gasteiger partial charge in [0.1, 0.15) is 0 Å². The molecule has 0 unspecified atom stereocenters. The molecule has 0 aromatic carbocycles. The van der Waals surface area contributed by atoms with Crippen molar-refractivity contribution in [2.45, 2.75) is 12.1 Å². The molecule has 9 heteroatoms. The number of hydrogen-bond acceptors (Lipinski definition) is 3. The lowest BCUT2D eigenvalue weighted by Crippen LogP contribution is -2.44. The molecule has 17 heavy (non-hydrogen) atoms. The van der Waals surface area contributed by atoms with Crippen LogP contribution in [0.5, 0.6) is 5.75 Å². The highest BCUT2D eigenvalue weighted by molar-refractivity contribution is 6.02. The van der Waals surface area contributed by atoms with Gasteiger partial charge in [0.15, 0.2) is 11.4 Å². The van der Waals surface area contributed by atoms with Gasteiger partial charge in [-0.25, -0.2) is 0 Å². The molecule has 1 aromatic heterocycles. The maximum atomic E-state index is 12.8. The monoisotopic (exact) mass is 258 g/mol. The SMILES string of the molecule is COc1cnn(C)c1C(=O)C(F)(F)C(F)(F)F. The van der Waals surface area contributed by atoms with Crippen LogP contribution in [0.15, 0.2) is 6.20 Å². The number of nitrogens with zero attached hydrogens (tertiary/aromatic N) is 2. The average Bonchev–Trinajstić information content (AvgIpc) is 2.56. The van der Waals surface area contributed by atoms with Crippen molar-refractivity contribution in [3.63, 3.8) is 0 Å². The van der Waals surface area contributed by atoms with E-state index in [2.05, 4.69) is 9.84 Å². The quantitative estimate of drug-likeness (QED) is 0.613. The van der Waals surface area contributed by atoms with Gasteiger partial charge in [-0.2, -0.15) is 27.1 Å². The first-order valence-corrected chi connectivity index (χ1v) is 4.18. The Hall–Kier alpha value is -1.67. The summed E-state index contributed by atoms with van der Waals surface area (Å²) in [4.78, 5) is 11.2. The maximum Gasteiger partial charge on any atom is 0.461 e. The van der Waals surface area contributed by atoms with Crippen LogP contribution in [0, 0.1) is 0 Å². The third kappa shape index (κ3) is 2.08. The van der Waals surface area contributed by atoms with E-state index >= 15 is 0 Å². The van der Waals surface area contributed by atoms with Crippen LogP contribution in [0.2, 0.25) is 0 Å². The molecule has 1 heterocycles. The van der Waals surface area contributed by atoms with Gasteiger partial charge >= 0.3 is 12.1 Å². The Balaban J connectivity index is 3.26. The van der Waals surface area contributed by atoms with Crippen LogP contribution >= 0.6 is 0 Å². The number of carbonyl (C=O) groups excluding carboxylic acids is 1. The van der Waals surface area contributed by atoms with Crippen LogP contribution in [-0.2, 0) is 7.05 Å². The van der Waals surface area contributed by atoms with Gasteiger partial charge in [0, 0.05) is 7.05 Å². The first-order valence-electron chi connectivity index (χ1n) is 4.18. The predicted octanol–water partition coefficient (Wildman–Crippen LogP) is 1.81. The number of carbonyl (C=O) groups is 1. The Labute approximate surface area is 92.0 Å². The molecule has 0 amide bonds. The zero-order valence-corrected chi connectivity index (χ0v) is 8.68. The highest BCUT2D eigenvalue weighted by atomic mass is 19.4. The number of hydrogen-bond donors (Lipinski definition) is 0. The summed E-state index contributed by atoms with van der Waals surface area (Å²) in [5.41, 5.74) is -0.935. The van der Waals surface area contributed by atoms with Crippen LogP contribution in [0.1, 0.15) is 10.5 Å². The third-order valence-corrected chi connectivity index (χ3v) is 1.98. The molecule has 1 aromatic rings. The maximum absolute atomic E-state index is 12.8. The third-order valence-electron chi connectivity index (χ3n) is 1.98. The standard InChI is InChI=1S/C8H7F5N2O2/c1-15-5(4(17-2)3-14-15)6(16)7(9,10)8(11,12)13/h3H,1-2H3. The zero-order chi connectivity index (χ0) is 13.4. The van der Waals surface area contributed by atoms with Crippen molar-refractivity contribution in [3.05, 3.63) is 11.9 Å². The summed E-state index contributed by atoms with van der Waals surface area (Å²) in [6, 6.07) is 0. The van der Waals surface area contributed by atoms with Gasteiger partial charge in [-0.1, -0.05) is 0 Å². The molecule has 0 radical (unpaired) electrons. The lowest BCUT2D eigenvalue weighted by Gasteiger charge is -2.18. The summed E-state index contributed by atoms with van der Waals surface area (Å²) in [6.07, 6.45) is -5.08. The predicted molar refractivity (Wildman–Crippen MR) is 45.1 cm³/mol. The lowest BCUT2D eigenvalue weighted by atomic mass is 10.1. The number of Topliss-reactive ketones (excluding diaryl/α,β-unsaturated/α-hetero) is 1. The number of methoxy groups -OCH3 is 1. The first-order chi connectivity index (χ1) is 7.63. The van der Waals surface area contributed by atoms with Crippen molar-refractivity contribution in [2.24, 2.45) is 7.05 Å². The topological polar surface area (TPSA) is 44.1 Å². The van der Waals surface area contributed by atoms with Crippen molar-refractivity contribution >= 4 is 5.78 Å². The largest absolute Gasteiger partial charge is 0.493 e. The highest BCUT2D eigenvalue weighted by Crippen LogP contribution is 2.39. The normalized spacial score (nSPS) is 12.6. The van der Waals surface area contributed by atoms with E-state index in [4.69, 9.17) is 0 Å². The van der Waals surface area contributed by atoms with E-state index in [1.54, 1.807) is 0 Å². The second-order valence-corrected chi connectivity index (χ2v) is 3.09. The molecular formula is C8H7F5N2O2. The van der Waals surface area contributed by atoms with Gasteiger partial charge in [-0.05, 0) is 0 Å². The molecule has 0 N–H and O–H groups in total. The molecule has 4 nitrogen and oxygen atoms in total. The van der Waals surface area contributed by atoms with Gasteiger partial charge in [-0.3, -0.25) is 9.48 Å². The number of ketones is 1. The van der Waals surface area contributed by atoms with E-state index in [9.17, 15) is 26.7 Å². The number of rotatable bonds is 3. The Bertz CT molecular complexity index is 438. The van der Waals surface area contributed by atoms with Gasteiger partial charge in [-0.15, -0.1) is 0 Å². The summed E-state index contributed by atoms with van der Waals surface area (Å²) in [5, 5.41) is 3.37. The minimum Gasteiger partial charge on any atom is -0.493 e. The molecule has 0 bridgehead atoms. The number of halogens is 5. The number of alkyl halides is 5. The number of ether oxygens (including phenoxy) is 1. The molecule has 0 saturated heterocycles. The lowest BCUT2D eigenvalue weighted by molar-refractivity contribution is -0.256. The van der Waals surface area contributed by atoms with Crippen LogP contribution in [-0.4, -0.2) is 34.8 Å². The van der Waals surface area contributed by atoms with Gasteiger partial charge in [0.25, 0.3) is 5.78 Å². The minimum atomic E-state index is -5.96. The fourth-order valence-electron chi connectivity index (χ4n) is 1.10. The summed E-state index contributed by atoms with van der Waals surface area (Å²) in [5.74, 6) is -8.32. The second-order valence-electron chi connectivity index (χ2n) is 3.09. The molecule has 0 fully saturated rings. The van der Waals surface area contributed by atoms with E-state index in [0.717, 1.165) is 20.4 Å². The fraction of sp³-hybridized carbons (Fsp3) is 0.500. The molecule has 0 aliphatic carbocycles. The highest BCUT2D eigenvalue weighted by Gasteiger charge is 2.64. The summed E-state index contributed by atoms with van der Waals surface area (Å²) in [7, 11) is 2.09. The van der Waals surface area contributed by atoms with Crippen LogP contribution in [0.4, 0.5) is 22.0 Å². The molecule has 0 aliphatic heterocycles. The molecule has 0 aliphatic rings. The fourth-order valence-corrected chi connectivity index (χ4v) is 1.10. The minimum absolute atomic E-state index is 0.443. The smallest absolute Gasteiger partial charge is 0.461 e. The summed E-state index contributed by atoms with van der Waals surface area (Å²) in [6.45, 7) is 0. The molecule has 96 valence electrons. The zero-order valence-electron chi connectivity index (χ0n) is 8.68. The number of aryl methyl sites for hydroxylation is 1. The van der Waals surface area contributed by atoms with Crippen molar-refractivity contribution in [2.75, 3.05) is 7.11 Å². The Morgan fingerprint density at radius 3 is 2.29 bits per heavy atom. The van der Waals surface area contributed by atoms with Crippen molar-refractivity contribution in [1.82, 2.24) is 9.78 Å². The molecule has 0 atom stereocenters. The van der Waals surface area contributed by atoms with E-state index in [0.29, 0.717) is 4.68 Å². The average molecular weight is 258 g/mol. The van der Waals surface area contributed by atoms with E-state index in [-0.39, 0.29) is 0 Å². The summed E-state index contributed by atoms with van der Waals surface area (Å²) >= 11 is 0. The van der Waals surface area contributed by atoms with Crippen LogP contribution < -0.4 is 4.74 Å². The molecule has 0 spiro atoms. The second kappa shape index (κ2) is 3.97. The summed E-state index contributed by atoms with van der Waals surface area (Å²) < 4.78 is 66.7. The Morgan fingerprint density at radius 1 is 1.35 bits per heavy atom. The van der Waals surface area contributed by atoms with Crippen molar-refractivity contribution < 1.29 is 31.5 Å². The van der Waals surface area contributed by atoms with Crippen molar-refractivity contribution in [3.8, 4) is 5.75 Å². The van der Waals surface area contributed by atoms with Gasteiger partial charge < -0.3 is 4.74 Å². The Kier molecular flexibility index (Phi) is 3.13. The first kappa shape index (κ1) is 13.4. The van der Waals surface area contributed by atoms with E-state index < -0.39 is 29.3 Å². The van der Waals surface area contributed by atoms with Crippen molar-refractivity contribution in [1.29, 1.82) is 0 Å². The van der Waals surface area contributed by atoms with Crippen LogP contribution in [0.3, 0.4) is 0 Å². The molecule has 1 rings (SSSR count). The van der Waals surface area contributed by atoms with Crippen LogP contribution in [0.25, 0.3) is 0 Å². The number of aromatic nitrogens is 2. The van der Waals surface area contributed by atoms with Gasteiger partial charge in [0.2, 0.25) is 0 Å².